The number of nitrogens with zero attached hydrogens (tertiary/aromatic N) is 5. The maximum atomic E-state index is 13.4. The first-order valence-corrected chi connectivity index (χ1v) is 9.74. The SMILES string of the molecule is CC(=O)C(C)N1C(=O)C2C(N=C3N(c4ccccc4Cl)C(C)=C(C)N32)N(C)C1=O. The lowest BCUT2D eigenvalue weighted by Crippen LogP contribution is -2.67. The Labute approximate surface area is 174 Å². The maximum Gasteiger partial charge on any atom is 0.328 e. The van der Waals surface area contributed by atoms with Gasteiger partial charge in [-0.25, -0.2) is 9.79 Å². The lowest BCUT2D eigenvalue weighted by molar-refractivity contribution is -0.142. The summed E-state index contributed by atoms with van der Waals surface area (Å²) in [6.45, 7) is 6.79. The fourth-order valence-electron chi connectivity index (χ4n) is 4.04. The normalized spacial score (nSPS) is 24.8. The zero-order valence-corrected chi connectivity index (χ0v) is 17.6. The predicted octanol–water partition coefficient (Wildman–Crippen LogP) is 2.65. The molecule has 0 saturated carbocycles. The Balaban J connectivity index is 1.80. The first-order valence-electron chi connectivity index (χ1n) is 9.36. The third-order valence-electron chi connectivity index (χ3n) is 5.91. The average molecular weight is 416 g/mol. The Hall–Kier alpha value is -2.87. The second kappa shape index (κ2) is 6.59. The van der Waals surface area contributed by atoms with Crippen LogP contribution < -0.4 is 4.90 Å². The lowest BCUT2D eigenvalue weighted by Gasteiger charge is -2.42. The van der Waals surface area contributed by atoms with E-state index in [2.05, 4.69) is 0 Å². The molecule has 0 radical (unpaired) electrons. The van der Waals surface area contributed by atoms with E-state index in [1.165, 1.54) is 11.8 Å². The van der Waals surface area contributed by atoms with Crippen LogP contribution in [0.2, 0.25) is 5.02 Å². The van der Waals surface area contributed by atoms with Crippen LogP contribution in [0.5, 0.6) is 0 Å². The summed E-state index contributed by atoms with van der Waals surface area (Å²) >= 11 is 6.43. The molecule has 9 heteroatoms. The molecule has 1 fully saturated rings. The van der Waals surface area contributed by atoms with Gasteiger partial charge in [-0.2, -0.15) is 0 Å². The maximum absolute atomic E-state index is 13.4. The van der Waals surface area contributed by atoms with E-state index in [4.69, 9.17) is 16.6 Å². The molecule has 152 valence electrons. The molecule has 0 aliphatic carbocycles. The number of carbonyl (C=O) groups is 3. The molecular formula is C20H22ClN5O3. The van der Waals surface area contributed by atoms with Crippen molar-refractivity contribution in [2.75, 3.05) is 11.9 Å². The number of anilines is 1. The molecule has 0 N–H and O–H groups in total. The van der Waals surface area contributed by atoms with Crippen molar-refractivity contribution in [3.05, 3.63) is 40.7 Å². The van der Waals surface area contributed by atoms with Crippen molar-refractivity contribution < 1.29 is 14.4 Å². The number of allylic oxidation sites excluding steroid dienone is 2. The molecule has 3 amide bonds. The number of fused-ring (bicyclic) bond motifs is 3. The number of benzene rings is 1. The first kappa shape index (κ1) is 19.4. The number of amides is 3. The quantitative estimate of drug-likeness (QED) is 0.758. The minimum absolute atomic E-state index is 0.250. The molecule has 4 rings (SSSR count). The number of hydrogen-bond acceptors (Lipinski definition) is 6. The summed E-state index contributed by atoms with van der Waals surface area (Å²) in [5.74, 6) is -0.124. The second-order valence-corrected chi connectivity index (χ2v) is 7.91. The number of guanidine groups is 1. The lowest BCUT2D eigenvalue weighted by atomic mass is 10.1. The van der Waals surface area contributed by atoms with E-state index in [0.29, 0.717) is 11.0 Å². The minimum Gasteiger partial charge on any atom is -0.302 e. The smallest absolute Gasteiger partial charge is 0.302 e. The van der Waals surface area contributed by atoms with Gasteiger partial charge in [-0.3, -0.25) is 24.3 Å². The topological polar surface area (TPSA) is 76.5 Å². The molecule has 0 aromatic heterocycles. The molecule has 29 heavy (non-hydrogen) atoms. The Kier molecular flexibility index (Phi) is 4.42. The van der Waals surface area contributed by atoms with Crippen molar-refractivity contribution in [3.8, 4) is 0 Å². The molecule has 3 aliphatic heterocycles. The molecule has 1 aromatic rings. The van der Waals surface area contributed by atoms with Gasteiger partial charge in [-0.15, -0.1) is 0 Å². The van der Waals surface area contributed by atoms with Gasteiger partial charge in [0.2, 0.25) is 5.96 Å². The molecule has 3 aliphatic rings. The molecule has 1 aromatic carbocycles. The van der Waals surface area contributed by atoms with E-state index in [1.807, 2.05) is 41.8 Å². The van der Waals surface area contributed by atoms with Crippen LogP contribution in [0, 0.1) is 0 Å². The monoisotopic (exact) mass is 415 g/mol. The van der Waals surface area contributed by atoms with E-state index in [9.17, 15) is 14.4 Å². The van der Waals surface area contributed by atoms with Crippen molar-refractivity contribution in [1.82, 2.24) is 14.7 Å². The van der Waals surface area contributed by atoms with Crippen LogP contribution in [0.25, 0.3) is 0 Å². The van der Waals surface area contributed by atoms with Crippen LogP contribution in [-0.4, -0.2) is 63.7 Å². The number of imide groups is 1. The molecule has 1 saturated heterocycles. The fraction of sp³-hybridized carbons (Fsp3) is 0.400. The van der Waals surface area contributed by atoms with Gasteiger partial charge >= 0.3 is 6.03 Å². The number of aliphatic imine (C=N–C) groups is 1. The van der Waals surface area contributed by atoms with Crippen molar-refractivity contribution in [1.29, 1.82) is 0 Å². The Morgan fingerprint density at radius 3 is 2.45 bits per heavy atom. The molecule has 3 atom stereocenters. The molecule has 8 nitrogen and oxygen atoms in total. The van der Waals surface area contributed by atoms with E-state index >= 15 is 0 Å². The molecular weight excluding hydrogens is 394 g/mol. The summed E-state index contributed by atoms with van der Waals surface area (Å²) in [5.41, 5.74) is 2.50. The predicted molar refractivity (Wildman–Crippen MR) is 109 cm³/mol. The largest absolute Gasteiger partial charge is 0.328 e. The number of urea groups is 1. The Morgan fingerprint density at radius 2 is 1.83 bits per heavy atom. The highest BCUT2D eigenvalue weighted by Gasteiger charge is 2.57. The number of ketones is 1. The van der Waals surface area contributed by atoms with Crippen LogP contribution in [0.1, 0.15) is 27.7 Å². The summed E-state index contributed by atoms with van der Waals surface area (Å²) in [7, 11) is 1.60. The standard InChI is InChI=1S/C20H22ClN5O3/c1-10-11(2)25-16-17(22-19(25)24(10)15-9-7-6-8-14(15)21)23(5)20(29)26(18(16)28)12(3)13(4)27/h6-9,12,16-17H,1-5H3. The zero-order chi connectivity index (χ0) is 21.2. The molecule has 3 heterocycles. The summed E-state index contributed by atoms with van der Waals surface area (Å²) in [4.78, 5) is 49.1. The van der Waals surface area contributed by atoms with Crippen molar-refractivity contribution in [2.45, 2.75) is 45.9 Å². The summed E-state index contributed by atoms with van der Waals surface area (Å²) in [5, 5.41) is 0.557. The number of halogens is 1. The fourth-order valence-corrected chi connectivity index (χ4v) is 4.26. The minimum atomic E-state index is -0.838. The van der Waals surface area contributed by atoms with Gasteiger partial charge in [0.1, 0.15) is 0 Å². The van der Waals surface area contributed by atoms with E-state index in [1.54, 1.807) is 20.0 Å². The Bertz CT molecular complexity index is 1000. The van der Waals surface area contributed by atoms with Gasteiger partial charge in [-0.05, 0) is 39.8 Å². The van der Waals surface area contributed by atoms with Crippen LogP contribution in [0.3, 0.4) is 0 Å². The van der Waals surface area contributed by atoms with Crippen molar-refractivity contribution in [3.63, 3.8) is 0 Å². The van der Waals surface area contributed by atoms with Crippen LogP contribution in [0.4, 0.5) is 10.5 Å². The van der Waals surface area contributed by atoms with Crippen molar-refractivity contribution in [2.24, 2.45) is 4.99 Å². The van der Waals surface area contributed by atoms with Gasteiger partial charge in [0.05, 0.1) is 16.8 Å². The highest BCUT2D eigenvalue weighted by molar-refractivity contribution is 6.34. The van der Waals surface area contributed by atoms with E-state index in [-0.39, 0.29) is 5.78 Å². The number of hydrogen-bond donors (Lipinski definition) is 0. The number of carbonyl (C=O) groups excluding carboxylic acids is 3. The Morgan fingerprint density at radius 1 is 1.17 bits per heavy atom. The van der Waals surface area contributed by atoms with Gasteiger partial charge in [0, 0.05) is 18.4 Å². The second-order valence-electron chi connectivity index (χ2n) is 7.50. The highest BCUT2D eigenvalue weighted by Crippen LogP contribution is 2.41. The third kappa shape index (κ3) is 2.58. The number of para-hydroxylation sites is 1. The van der Waals surface area contributed by atoms with Gasteiger partial charge < -0.3 is 4.90 Å². The summed E-state index contributed by atoms with van der Waals surface area (Å²) in [6, 6.07) is 5.32. The number of Topliss-reactive ketones (excluding diaryl/α,β-unsaturated/α-hetero) is 1. The van der Waals surface area contributed by atoms with Gasteiger partial charge in [-0.1, -0.05) is 23.7 Å². The van der Waals surface area contributed by atoms with Gasteiger partial charge in [0.15, 0.2) is 18.0 Å². The summed E-state index contributed by atoms with van der Waals surface area (Å²) in [6.07, 6.45) is -0.673. The van der Waals surface area contributed by atoms with Crippen molar-refractivity contribution >= 4 is 41.0 Å². The molecule has 3 unspecified atom stereocenters. The average Bonchev–Trinajstić information content (AvgIpc) is 3.17. The molecule has 0 spiro atoms. The van der Waals surface area contributed by atoms with Gasteiger partial charge in [0.25, 0.3) is 5.91 Å². The van der Waals surface area contributed by atoms with E-state index in [0.717, 1.165) is 22.0 Å². The van der Waals surface area contributed by atoms with Crippen LogP contribution in [-0.2, 0) is 9.59 Å². The highest BCUT2D eigenvalue weighted by atomic mass is 35.5. The molecule has 0 bridgehead atoms. The number of rotatable bonds is 3. The van der Waals surface area contributed by atoms with Crippen LogP contribution in [0.15, 0.2) is 40.7 Å². The first-order chi connectivity index (χ1) is 13.7. The number of likely N-dealkylation sites (N-methyl/N-ethyl adjacent to an activating group) is 1. The van der Waals surface area contributed by atoms with E-state index < -0.39 is 30.2 Å². The van der Waals surface area contributed by atoms with Crippen LogP contribution >= 0.6 is 11.6 Å². The summed E-state index contributed by atoms with van der Waals surface area (Å²) < 4.78 is 0. The zero-order valence-electron chi connectivity index (χ0n) is 16.9. The third-order valence-corrected chi connectivity index (χ3v) is 6.23.